The summed E-state index contributed by atoms with van der Waals surface area (Å²) >= 11 is 0. The Morgan fingerprint density at radius 3 is 2.00 bits per heavy atom. The largest absolute Gasteiger partial charge is 0.369 e. The van der Waals surface area contributed by atoms with Gasteiger partial charge in [-0.25, -0.2) is 0 Å². The number of aryl methyl sites for hydroxylation is 1. The molecule has 1 aromatic heterocycles. The van der Waals surface area contributed by atoms with Gasteiger partial charge >= 0.3 is 0 Å². The number of fused-ring (bicyclic) bond motifs is 1. The van der Waals surface area contributed by atoms with Crippen molar-refractivity contribution >= 4 is 17.4 Å². The van der Waals surface area contributed by atoms with Gasteiger partial charge in [0.25, 0.3) is 5.91 Å². The zero-order valence-electron chi connectivity index (χ0n) is 23.1. The van der Waals surface area contributed by atoms with Gasteiger partial charge in [-0.05, 0) is 43.1 Å². The van der Waals surface area contributed by atoms with Crippen LogP contribution in [0.15, 0.2) is 72.9 Å². The fourth-order valence-corrected chi connectivity index (χ4v) is 5.89. The van der Waals surface area contributed by atoms with Gasteiger partial charge in [0, 0.05) is 69.7 Å². The Bertz CT molecular complexity index is 1200. The highest BCUT2D eigenvalue weighted by atomic mass is 16.2. The van der Waals surface area contributed by atoms with E-state index in [4.69, 9.17) is 0 Å². The SMILES string of the molecule is O=C1CCN(Cc2ccccc2)C(=O)c2c1ccn2CCCCCCCCN1CCN(c2ccccc2)CC1. The lowest BCUT2D eigenvalue weighted by Crippen LogP contribution is -2.46. The number of aromatic nitrogens is 1. The third-order valence-electron chi connectivity index (χ3n) is 8.20. The molecule has 2 aliphatic heterocycles. The summed E-state index contributed by atoms with van der Waals surface area (Å²) in [5.41, 5.74) is 3.61. The summed E-state index contributed by atoms with van der Waals surface area (Å²) in [4.78, 5) is 33.1. The molecular weight excluding hydrogens is 484 g/mol. The maximum absolute atomic E-state index is 13.4. The molecule has 0 bridgehead atoms. The van der Waals surface area contributed by atoms with Crippen LogP contribution in [0.1, 0.15) is 71.4 Å². The van der Waals surface area contributed by atoms with E-state index in [0.29, 0.717) is 30.8 Å². The minimum atomic E-state index is -0.0192. The number of unbranched alkanes of at least 4 members (excludes halogenated alkanes) is 5. The Labute approximate surface area is 233 Å². The number of ketones is 1. The van der Waals surface area contributed by atoms with Crippen molar-refractivity contribution in [2.24, 2.45) is 0 Å². The molecule has 0 spiro atoms. The zero-order chi connectivity index (χ0) is 26.9. The van der Waals surface area contributed by atoms with Crippen LogP contribution in [0.25, 0.3) is 0 Å². The van der Waals surface area contributed by atoms with Gasteiger partial charge < -0.3 is 14.4 Å². The van der Waals surface area contributed by atoms with Crippen LogP contribution in [0, 0.1) is 0 Å². The molecule has 0 aliphatic carbocycles. The topological polar surface area (TPSA) is 48.8 Å². The molecule has 3 heterocycles. The Hall–Kier alpha value is -3.38. The number of hydrogen-bond donors (Lipinski definition) is 0. The number of carbonyl (C=O) groups excluding carboxylic acids is 2. The first-order valence-corrected chi connectivity index (χ1v) is 14.8. The number of benzene rings is 2. The highest BCUT2D eigenvalue weighted by Gasteiger charge is 2.30. The molecule has 6 nitrogen and oxygen atoms in total. The lowest BCUT2D eigenvalue weighted by Gasteiger charge is -2.36. The van der Waals surface area contributed by atoms with Crippen molar-refractivity contribution in [1.82, 2.24) is 14.4 Å². The van der Waals surface area contributed by atoms with Gasteiger partial charge in [0.1, 0.15) is 5.69 Å². The van der Waals surface area contributed by atoms with E-state index in [2.05, 4.69) is 40.1 Å². The maximum Gasteiger partial charge on any atom is 0.271 e. The molecule has 3 aromatic rings. The predicted octanol–water partition coefficient (Wildman–Crippen LogP) is 5.88. The molecule has 0 N–H and O–H groups in total. The fraction of sp³-hybridized carbons (Fsp3) is 0.455. The lowest BCUT2D eigenvalue weighted by atomic mass is 10.1. The average Bonchev–Trinajstić information content (AvgIpc) is 3.37. The molecule has 1 saturated heterocycles. The minimum absolute atomic E-state index is 0.0192. The first-order valence-electron chi connectivity index (χ1n) is 14.8. The van der Waals surface area contributed by atoms with Gasteiger partial charge in [-0.1, -0.05) is 74.2 Å². The smallest absolute Gasteiger partial charge is 0.271 e. The summed E-state index contributed by atoms with van der Waals surface area (Å²) in [6.45, 7) is 7.55. The van der Waals surface area contributed by atoms with E-state index < -0.39 is 0 Å². The molecule has 2 aliphatic rings. The van der Waals surface area contributed by atoms with E-state index in [1.807, 2.05) is 52.1 Å². The molecule has 6 heteroatoms. The second kappa shape index (κ2) is 13.6. The number of Topliss-reactive ketones (excluding diaryl/α,β-unsaturated/α-hetero) is 1. The van der Waals surface area contributed by atoms with Gasteiger partial charge in [-0.2, -0.15) is 0 Å². The van der Waals surface area contributed by atoms with Crippen LogP contribution < -0.4 is 4.90 Å². The summed E-state index contributed by atoms with van der Waals surface area (Å²) in [6.07, 6.45) is 9.53. The molecule has 0 unspecified atom stereocenters. The first-order chi connectivity index (χ1) is 19.2. The second-order valence-electron chi connectivity index (χ2n) is 10.9. The third-order valence-corrected chi connectivity index (χ3v) is 8.20. The first kappa shape index (κ1) is 27.2. The van der Waals surface area contributed by atoms with E-state index in [1.54, 1.807) is 0 Å². The summed E-state index contributed by atoms with van der Waals surface area (Å²) in [6, 6.07) is 22.6. The monoisotopic (exact) mass is 526 g/mol. The molecule has 1 fully saturated rings. The second-order valence-corrected chi connectivity index (χ2v) is 10.9. The van der Waals surface area contributed by atoms with Gasteiger partial charge in [0.2, 0.25) is 0 Å². The summed E-state index contributed by atoms with van der Waals surface area (Å²) < 4.78 is 2.02. The molecule has 39 heavy (non-hydrogen) atoms. The zero-order valence-corrected chi connectivity index (χ0v) is 23.1. The summed E-state index contributed by atoms with van der Waals surface area (Å²) in [5.74, 6) is 0.0587. The molecule has 1 amide bonds. The van der Waals surface area contributed by atoms with Crippen molar-refractivity contribution in [2.75, 3.05) is 44.2 Å². The van der Waals surface area contributed by atoms with Crippen molar-refractivity contribution in [3.63, 3.8) is 0 Å². The van der Waals surface area contributed by atoms with Crippen molar-refractivity contribution in [2.45, 2.75) is 58.0 Å². The highest BCUT2D eigenvalue weighted by Crippen LogP contribution is 2.23. The summed E-state index contributed by atoms with van der Waals surface area (Å²) in [5, 5.41) is 0. The quantitative estimate of drug-likeness (QED) is 0.277. The van der Waals surface area contributed by atoms with E-state index in [-0.39, 0.29) is 11.7 Å². The van der Waals surface area contributed by atoms with E-state index in [9.17, 15) is 9.59 Å². The third kappa shape index (κ3) is 7.18. The number of nitrogens with zero attached hydrogens (tertiary/aromatic N) is 4. The molecule has 0 atom stereocenters. The Morgan fingerprint density at radius 2 is 1.28 bits per heavy atom. The van der Waals surface area contributed by atoms with Gasteiger partial charge in [-0.3, -0.25) is 14.5 Å². The number of carbonyl (C=O) groups is 2. The van der Waals surface area contributed by atoms with E-state index in [1.165, 1.54) is 37.9 Å². The van der Waals surface area contributed by atoms with Crippen LogP contribution >= 0.6 is 0 Å². The van der Waals surface area contributed by atoms with Gasteiger partial charge in [0.15, 0.2) is 5.78 Å². The molecule has 206 valence electrons. The molecular formula is C33H42N4O2. The number of rotatable bonds is 12. The minimum Gasteiger partial charge on any atom is -0.369 e. The predicted molar refractivity (Wildman–Crippen MR) is 157 cm³/mol. The molecule has 5 rings (SSSR count). The average molecular weight is 527 g/mol. The van der Waals surface area contributed by atoms with Crippen molar-refractivity contribution in [1.29, 1.82) is 0 Å². The Morgan fingerprint density at radius 1 is 0.641 bits per heavy atom. The van der Waals surface area contributed by atoms with Crippen LogP contribution in [0.5, 0.6) is 0 Å². The number of para-hydroxylation sites is 1. The van der Waals surface area contributed by atoms with Crippen LogP contribution in [-0.2, 0) is 13.1 Å². The number of anilines is 1. The van der Waals surface area contributed by atoms with Crippen LogP contribution in [0.3, 0.4) is 0 Å². The molecule has 0 radical (unpaired) electrons. The van der Waals surface area contributed by atoms with Gasteiger partial charge in [-0.15, -0.1) is 0 Å². The maximum atomic E-state index is 13.4. The number of piperazine rings is 1. The fourth-order valence-electron chi connectivity index (χ4n) is 5.89. The molecule has 0 saturated carbocycles. The normalized spacial score (nSPS) is 16.4. The van der Waals surface area contributed by atoms with Gasteiger partial charge in [0.05, 0.1) is 0 Å². The number of hydrogen-bond acceptors (Lipinski definition) is 4. The van der Waals surface area contributed by atoms with Crippen LogP contribution in [-0.4, -0.2) is 65.3 Å². The highest BCUT2D eigenvalue weighted by molar-refractivity contribution is 6.09. The van der Waals surface area contributed by atoms with Crippen molar-refractivity contribution in [3.8, 4) is 0 Å². The Kier molecular flexibility index (Phi) is 9.49. The lowest BCUT2D eigenvalue weighted by molar-refractivity contribution is 0.0735. The van der Waals surface area contributed by atoms with Crippen LogP contribution in [0.2, 0.25) is 0 Å². The summed E-state index contributed by atoms with van der Waals surface area (Å²) in [7, 11) is 0. The number of amides is 1. The van der Waals surface area contributed by atoms with E-state index >= 15 is 0 Å². The Balaban J connectivity index is 0.999. The molecule has 2 aromatic carbocycles. The van der Waals surface area contributed by atoms with Crippen molar-refractivity contribution < 1.29 is 9.59 Å². The van der Waals surface area contributed by atoms with E-state index in [0.717, 1.165) is 51.1 Å². The van der Waals surface area contributed by atoms with Crippen molar-refractivity contribution in [3.05, 3.63) is 89.7 Å². The standard InChI is InChI=1S/C33H42N4O2/c38-31-18-22-37(27-28-13-7-5-8-14-28)33(39)32-30(31)17-21-36(32)20-12-4-2-1-3-11-19-34-23-25-35(26-24-34)29-15-9-6-10-16-29/h5-10,13-17,21H,1-4,11-12,18-20,22-27H2. The van der Waals surface area contributed by atoms with Crippen LogP contribution in [0.4, 0.5) is 5.69 Å².